The number of nitrogens with zero attached hydrogens (tertiary/aromatic N) is 3. The van der Waals surface area contributed by atoms with Crippen molar-refractivity contribution in [2.24, 2.45) is 0 Å². The fourth-order valence-corrected chi connectivity index (χ4v) is 2.95. The monoisotopic (exact) mass is 356 g/mol. The number of pyridine rings is 1. The van der Waals surface area contributed by atoms with E-state index in [2.05, 4.69) is 15.2 Å². The first-order valence-electron chi connectivity index (χ1n) is 8.73. The first kappa shape index (κ1) is 17.8. The van der Waals surface area contributed by atoms with Crippen LogP contribution in [-0.2, 0) is 0 Å². The van der Waals surface area contributed by atoms with Gasteiger partial charge in [-0.1, -0.05) is 0 Å². The average molecular weight is 356 g/mol. The Bertz CT molecular complexity index is 731. The first-order valence-corrected chi connectivity index (χ1v) is 8.73. The fraction of sp³-hybridized carbons (Fsp3) is 0.368. The lowest BCUT2D eigenvalue weighted by molar-refractivity contribution is 0.208. The van der Waals surface area contributed by atoms with Crippen LogP contribution in [0.1, 0.15) is 6.92 Å². The number of benzene rings is 1. The molecule has 2 amide bonds. The number of urea groups is 1. The summed E-state index contributed by atoms with van der Waals surface area (Å²) in [4.78, 5) is 20.7. The second kappa shape index (κ2) is 8.42. The number of rotatable bonds is 5. The van der Waals surface area contributed by atoms with Gasteiger partial charge in [-0.15, -0.1) is 0 Å². The minimum Gasteiger partial charge on any atom is -0.493 e. The van der Waals surface area contributed by atoms with Gasteiger partial charge in [-0.2, -0.15) is 0 Å². The summed E-state index contributed by atoms with van der Waals surface area (Å²) in [6.07, 6.45) is 3.57. The summed E-state index contributed by atoms with van der Waals surface area (Å²) in [6.45, 7) is 5.37. The van der Waals surface area contributed by atoms with Gasteiger partial charge in [0.2, 0.25) is 0 Å². The Morgan fingerprint density at radius 2 is 1.85 bits per heavy atom. The van der Waals surface area contributed by atoms with E-state index in [4.69, 9.17) is 9.47 Å². The van der Waals surface area contributed by atoms with Gasteiger partial charge in [-0.05, 0) is 31.2 Å². The molecule has 0 radical (unpaired) electrons. The third-order valence-corrected chi connectivity index (χ3v) is 4.31. The van der Waals surface area contributed by atoms with E-state index in [1.54, 1.807) is 31.6 Å². The summed E-state index contributed by atoms with van der Waals surface area (Å²) < 4.78 is 10.8. The Morgan fingerprint density at radius 3 is 2.50 bits per heavy atom. The lowest BCUT2D eigenvalue weighted by Gasteiger charge is -2.36. The normalized spacial score (nSPS) is 14.1. The highest BCUT2D eigenvalue weighted by molar-refractivity contribution is 5.90. The highest BCUT2D eigenvalue weighted by atomic mass is 16.5. The molecule has 0 unspecified atom stereocenters. The van der Waals surface area contributed by atoms with Gasteiger partial charge in [0.1, 0.15) is 0 Å². The van der Waals surface area contributed by atoms with Gasteiger partial charge in [0.25, 0.3) is 0 Å². The van der Waals surface area contributed by atoms with Gasteiger partial charge in [0.15, 0.2) is 11.5 Å². The lowest BCUT2D eigenvalue weighted by atomic mass is 10.2. The predicted molar refractivity (Wildman–Crippen MR) is 101 cm³/mol. The van der Waals surface area contributed by atoms with Crippen LogP contribution in [0.5, 0.6) is 11.5 Å². The summed E-state index contributed by atoms with van der Waals surface area (Å²) in [5.74, 6) is 1.27. The smallest absolute Gasteiger partial charge is 0.321 e. The molecule has 1 saturated heterocycles. The molecule has 1 N–H and O–H groups in total. The molecule has 3 rings (SSSR count). The quantitative estimate of drug-likeness (QED) is 0.892. The molecule has 138 valence electrons. The molecule has 1 aliphatic heterocycles. The summed E-state index contributed by atoms with van der Waals surface area (Å²) in [5.41, 5.74) is 1.83. The van der Waals surface area contributed by atoms with Crippen molar-refractivity contribution in [1.82, 2.24) is 9.88 Å². The molecule has 7 nitrogen and oxygen atoms in total. The van der Waals surface area contributed by atoms with Crippen molar-refractivity contribution in [1.29, 1.82) is 0 Å². The van der Waals surface area contributed by atoms with E-state index in [1.807, 2.05) is 30.0 Å². The summed E-state index contributed by atoms with van der Waals surface area (Å²) >= 11 is 0. The maximum atomic E-state index is 12.5. The largest absolute Gasteiger partial charge is 0.493 e. The molecule has 1 fully saturated rings. The molecule has 2 aromatic rings. The number of ether oxygens (including phenoxy) is 2. The van der Waals surface area contributed by atoms with E-state index < -0.39 is 0 Å². The Labute approximate surface area is 153 Å². The van der Waals surface area contributed by atoms with Gasteiger partial charge < -0.3 is 24.6 Å². The fourth-order valence-electron chi connectivity index (χ4n) is 2.95. The van der Waals surface area contributed by atoms with E-state index in [-0.39, 0.29) is 6.03 Å². The SMILES string of the molecule is CCOc1cc(NC(=O)N2CCN(c3ccncc3)CC2)ccc1OC. The molecule has 1 aromatic heterocycles. The molecule has 0 bridgehead atoms. The van der Waals surface area contributed by atoms with Gasteiger partial charge in [-0.3, -0.25) is 4.98 Å². The van der Waals surface area contributed by atoms with Crippen LogP contribution in [0.3, 0.4) is 0 Å². The van der Waals surface area contributed by atoms with Crippen LogP contribution in [0.25, 0.3) is 0 Å². The Balaban J connectivity index is 1.58. The van der Waals surface area contributed by atoms with Crippen molar-refractivity contribution in [3.05, 3.63) is 42.7 Å². The van der Waals surface area contributed by atoms with E-state index in [0.29, 0.717) is 36.9 Å². The minimum absolute atomic E-state index is 0.105. The molecule has 1 aromatic carbocycles. The molecule has 2 heterocycles. The standard InChI is InChI=1S/C19H24N4O3/c1-3-26-18-14-15(4-5-17(18)25-2)21-19(24)23-12-10-22(11-13-23)16-6-8-20-9-7-16/h4-9,14H,3,10-13H2,1-2H3,(H,21,24). The molecular weight excluding hydrogens is 332 g/mol. The molecule has 0 spiro atoms. The van der Waals surface area contributed by atoms with Gasteiger partial charge in [0, 0.05) is 56.0 Å². The molecule has 26 heavy (non-hydrogen) atoms. The van der Waals surface area contributed by atoms with Crippen molar-refractivity contribution in [2.45, 2.75) is 6.92 Å². The molecule has 1 aliphatic rings. The molecule has 0 aliphatic carbocycles. The number of carbonyl (C=O) groups is 1. The van der Waals surface area contributed by atoms with Gasteiger partial charge in [0.05, 0.1) is 13.7 Å². The van der Waals surface area contributed by atoms with Crippen molar-refractivity contribution in [2.75, 3.05) is 50.1 Å². The Morgan fingerprint density at radius 1 is 1.12 bits per heavy atom. The van der Waals surface area contributed by atoms with Crippen molar-refractivity contribution >= 4 is 17.4 Å². The predicted octanol–water partition coefficient (Wildman–Crippen LogP) is 2.84. The van der Waals surface area contributed by atoms with Gasteiger partial charge in [-0.25, -0.2) is 4.79 Å². The zero-order valence-corrected chi connectivity index (χ0v) is 15.1. The van der Waals surface area contributed by atoms with Crippen molar-refractivity contribution < 1.29 is 14.3 Å². The van der Waals surface area contributed by atoms with Gasteiger partial charge >= 0.3 is 6.03 Å². The number of aromatic nitrogens is 1. The number of anilines is 2. The van der Waals surface area contributed by atoms with Crippen LogP contribution in [0.4, 0.5) is 16.2 Å². The number of hydrogen-bond acceptors (Lipinski definition) is 5. The van der Waals surface area contributed by atoms with Crippen LogP contribution in [0.2, 0.25) is 0 Å². The van der Waals surface area contributed by atoms with Crippen LogP contribution in [0.15, 0.2) is 42.7 Å². The molecule has 7 heteroatoms. The van der Waals surface area contributed by atoms with E-state index >= 15 is 0 Å². The van der Waals surface area contributed by atoms with Crippen molar-refractivity contribution in [3.63, 3.8) is 0 Å². The zero-order chi connectivity index (χ0) is 18.4. The third-order valence-electron chi connectivity index (χ3n) is 4.31. The highest BCUT2D eigenvalue weighted by Gasteiger charge is 2.21. The molecule has 0 saturated carbocycles. The lowest BCUT2D eigenvalue weighted by Crippen LogP contribution is -2.50. The van der Waals surface area contributed by atoms with E-state index in [1.165, 1.54) is 0 Å². The summed E-state index contributed by atoms with van der Waals surface area (Å²) in [5, 5.41) is 2.94. The third kappa shape index (κ3) is 4.17. The minimum atomic E-state index is -0.105. The first-order chi connectivity index (χ1) is 12.7. The number of amides is 2. The molecular formula is C19H24N4O3. The summed E-state index contributed by atoms with van der Waals surface area (Å²) in [6, 6.07) is 9.26. The zero-order valence-electron chi connectivity index (χ0n) is 15.1. The average Bonchev–Trinajstić information content (AvgIpc) is 2.69. The Kier molecular flexibility index (Phi) is 5.78. The van der Waals surface area contributed by atoms with Crippen LogP contribution in [0, 0.1) is 0 Å². The topological polar surface area (TPSA) is 66.9 Å². The summed E-state index contributed by atoms with van der Waals surface area (Å²) in [7, 11) is 1.60. The highest BCUT2D eigenvalue weighted by Crippen LogP contribution is 2.30. The number of carbonyl (C=O) groups excluding carboxylic acids is 1. The van der Waals surface area contributed by atoms with Crippen LogP contribution >= 0.6 is 0 Å². The maximum absolute atomic E-state index is 12.5. The number of nitrogens with one attached hydrogen (secondary N) is 1. The van der Waals surface area contributed by atoms with Crippen LogP contribution < -0.4 is 19.7 Å². The Hall–Kier alpha value is -2.96. The number of piperazine rings is 1. The van der Waals surface area contributed by atoms with E-state index in [0.717, 1.165) is 18.8 Å². The van der Waals surface area contributed by atoms with E-state index in [9.17, 15) is 4.79 Å². The number of hydrogen-bond donors (Lipinski definition) is 1. The second-order valence-electron chi connectivity index (χ2n) is 5.91. The maximum Gasteiger partial charge on any atom is 0.321 e. The van der Waals surface area contributed by atoms with Crippen LogP contribution in [-0.4, -0.2) is 55.8 Å². The second-order valence-corrected chi connectivity index (χ2v) is 5.91. The molecule has 0 atom stereocenters. The number of methoxy groups -OCH3 is 1. The van der Waals surface area contributed by atoms with Crippen molar-refractivity contribution in [3.8, 4) is 11.5 Å².